The van der Waals surface area contributed by atoms with Gasteiger partial charge in [-0.1, -0.05) is 68.1 Å². The second-order valence-corrected chi connectivity index (χ2v) is 11.2. The summed E-state index contributed by atoms with van der Waals surface area (Å²) in [5.74, 6) is 0.430. The number of hydrogen-bond acceptors (Lipinski definition) is 4. The van der Waals surface area contributed by atoms with Crippen molar-refractivity contribution >= 4 is 38.4 Å². The van der Waals surface area contributed by atoms with E-state index in [9.17, 15) is 13.2 Å². The lowest BCUT2D eigenvalue weighted by atomic mass is 10.0. The van der Waals surface area contributed by atoms with Gasteiger partial charge in [0.2, 0.25) is 0 Å². The number of thioether (sulfide) groups is 1. The zero-order chi connectivity index (χ0) is 20.6. The van der Waals surface area contributed by atoms with Gasteiger partial charge in [-0.25, -0.2) is 8.42 Å². The second kappa shape index (κ2) is 7.95. The molecule has 152 valence electrons. The van der Waals surface area contributed by atoms with E-state index in [-0.39, 0.29) is 35.1 Å². The molecule has 0 N–H and O–H groups in total. The van der Waals surface area contributed by atoms with Crippen LogP contribution in [-0.2, 0) is 21.1 Å². The first-order valence-corrected chi connectivity index (χ1v) is 12.4. The summed E-state index contributed by atoms with van der Waals surface area (Å²) in [6.45, 7) is 4.27. The highest BCUT2D eigenvalue weighted by Crippen LogP contribution is 2.41. The van der Waals surface area contributed by atoms with Crippen molar-refractivity contribution in [2.45, 2.75) is 37.5 Å². The number of fused-ring (bicyclic) bond motifs is 1. The number of carbonyl (C=O) groups is 1. The number of hydrogen-bond donors (Lipinski definition) is 0. The predicted octanol–water partition coefficient (Wildman–Crippen LogP) is 3.65. The summed E-state index contributed by atoms with van der Waals surface area (Å²) in [7, 11) is -3.07. The van der Waals surface area contributed by atoms with Crippen LogP contribution in [0, 0.1) is 0 Å². The molecule has 2 aromatic carbocycles. The van der Waals surface area contributed by atoms with Crippen molar-refractivity contribution in [1.82, 2.24) is 0 Å². The van der Waals surface area contributed by atoms with Gasteiger partial charge in [-0.2, -0.15) is 4.99 Å². The standard InChI is InChI=1S/C22H24N2O3S2/c1-15(2)17-8-10-18(11-9-17)24-19-13-29(26,27)14-20(19)28-22(24)23-21(25)12-16-6-4-3-5-7-16/h3-11,15,19-20H,12-14H2,1-2H3/t19-,20-/m0/s1. The molecule has 0 unspecified atom stereocenters. The van der Waals surface area contributed by atoms with E-state index in [4.69, 9.17) is 0 Å². The number of aliphatic imine (C=N–C) groups is 1. The number of nitrogens with zero attached hydrogens (tertiary/aromatic N) is 2. The van der Waals surface area contributed by atoms with Gasteiger partial charge < -0.3 is 4.90 Å². The Bertz CT molecular complexity index is 1030. The van der Waals surface area contributed by atoms with Crippen molar-refractivity contribution in [2.75, 3.05) is 16.4 Å². The number of carbonyl (C=O) groups excluding carboxylic acids is 1. The molecule has 2 aliphatic heterocycles. The first kappa shape index (κ1) is 20.2. The van der Waals surface area contributed by atoms with Crippen molar-refractivity contribution in [1.29, 1.82) is 0 Å². The van der Waals surface area contributed by atoms with Crippen LogP contribution in [0.4, 0.5) is 5.69 Å². The Morgan fingerprint density at radius 3 is 2.45 bits per heavy atom. The van der Waals surface area contributed by atoms with E-state index in [2.05, 4.69) is 31.0 Å². The quantitative estimate of drug-likeness (QED) is 0.744. The summed E-state index contributed by atoms with van der Waals surface area (Å²) < 4.78 is 24.4. The van der Waals surface area contributed by atoms with Crippen molar-refractivity contribution in [3.05, 3.63) is 65.7 Å². The summed E-state index contributed by atoms with van der Waals surface area (Å²) in [4.78, 5) is 18.9. The van der Waals surface area contributed by atoms with E-state index in [1.165, 1.54) is 17.3 Å². The molecule has 0 bridgehead atoms. The van der Waals surface area contributed by atoms with Crippen LogP contribution >= 0.6 is 11.8 Å². The smallest absolute Gasteiger partial charge is 0.252 e. The molecule has 2 saturated heterocycles. The predicted molar refractivity (Wildman–Crippen MR) is 119 cm³/mol. The van der Waals surface area contributed by atoms with Crippen LogP contribution in [0.1, 0.15) is 30.9 Å². The Kier molecular flexibility index (Phi) is 5.53. The Hall–Kier alpha value is -2.12. The average molecular weight is 429 g/mol. The molecule has 0 spiro atoms. The molecule has 0 saturated carbocycles. The number of sulfone groups is 1. The number of anilines is 1. The van der Waals surface area contributed by atoms with E-state index in [1.807, 2.05) is 47.4 Å². The van der Waals surface area contributed by atoms with E-state index in [0.29, 0.717) is 11.1 Å². The van der Waals surface area contributed by atoms with Gasteiger partial charge in [-0.3, -0.25) is 4.79 Å². The molecular formula is C22H24N2O3S2. The maximum atomic E-state index is 12.6. The molecule has 0 radical (unpaired) electrons. The van der Waals surface area contributed by atoms with Gasteiger partial charge in [0, 0.05) is 10.9 Å². The minimum absolute atomic E-state index is 0.0898. The van der Waals surface area contributed by atoms with Gasteiger partial charge in [0.15, 0.2) is 15.0 Å². The zero-order valence-corrected chi connectivity index (χ0v) is 18.1. The van der Waals surface area contributed by atoms with Gasteiger partial charge in [0.25, 0.3) is 5.91 Å². The zero-order valence-electron chi connectivity index (χ0n) is 16.5. The fraction of sp³-hybridized carbons (Fsp3) is 0.364. The van der Waals surface area contributed by atoms with Crippen molar-refractivity contribution in [3.63, 3.8) is 0 Å². The highest BCUT2D eigenvalue weighted by Gasteiger charge is 2.49. The summed E-state index contributed by atoms with van der Waals surface area (Å²) in [5, 5.41) is 0.515. The summed E-state index contributed by atoms with van der Waals surface area (Å²) in [5.41, 5.74) is 3.02. The van der Waals surface area contributed by atoms with Gasteiger partial charge in [-0.15, -0.1) is 0 Å². The fourth-order valence-corrected chi connectivity index (χ4v) is 7.73. The van der Waals surface area contributed by atoms with E-state index < -0.39 is 9.84 Å². The van der Waals surface area contributed by atoms with Crippen molar-refractivity contribution in [2.24, 2.45) is 4.99 Å². The fourth-order valence-electron chi connectivity index (χ4n) is 3.80. The number of amidine groups is 1. The maximum absolute atomic E-state index is 12.6. The lowest BCUT2D eigenvalue weighted by Crippen LogP contribution is -2.37. The highest BCUT2D eigenvalue weighted by molar-refractivity contribution is 8.16. The average Bonchev–Trinajstić information content (AvgIpc) is 3.13. The first-order valence-electron chi connectivity index (χ1n) is 9.74. The highest BCUT2D eigenvalue weighted by atomic mass is 32.2. The van der Waals surface area contributed by atoms with Crippen LogP contribution in [0.3, 0.4) is 0 Å². The number of amides is 1. The normalized spacial score (nSPS) is 24.2. The number of rotatable bonds is 4. The lowest BCUT2D eigenvalue weighted by molar-refractivity contribution is -0.117. The first-order chi connectivity index (χ1) is 13.8. The van der Waals surface area contributed by atoms with E-state index in [0.717, 1.165) is 11.3 Å². The van der Waals surface area contributed by atoms with Crippen LogP contribution in [0.2, 0.25) is 0 Å². The Morgan fingerprint density at radius 2 is 1.79 bits per heavy atom. The molecule has 29 heavy (non-hydrogen) atoms. The number of benzene rings is 2. The molecule has 2 atom stereocenters. The van der Waals surface area contributed by atoms with Gasteiger partial charge in [-0.05, 0) is 29.2 Å². The van der Waals surface area contributed by atoms with Crippen LogP contribution < -0.4 is 4.90 Å². The largest absolute Gasteiger partial charge is 0.316 e. The van der Waals surface area contributed by atoms with Gasteiger partial charge in [0.1, 0.15) is 0 Å². The molecule has 4 rings (SSSR count). The molecule has 2 heterocycles. The third kappa shape index (κ3) is 4.41. The van der Waals surface area contributed by atoms with Crippen molar-refractivity contribution in [3.8, 4) is 0 Å². The van der Waals surface area contributed by atoms with Gasteiger partial charge in [0.05, 0.1) is 24.0 Å². The SMILES string of the molecule is CC(C)c1ccc(N2C(=NC(=O)Cc3ccccc3)S[C@H]3CS(=O)(=O)C[C@@H]32)cc1. The third-order valence-electron chi connectivity index (χ3n) is 5.32. The molecule has 0 aliphatic carbocycles. The summed E-state index contributed by atoms with van der Waals surface area (Å²) >= 11 is 1.41. The van der Waals surface area contributed by atoms with Gasteiger partial charge >= 0.3 is 0 Å². The summed E-state index contributed by atoms with van der Waals surface area (Å²) in [6, 6.07) is 17.5. The Morgan fingerprint density at radius 1 is 1.10 bits per heavy atom. The van der Waals surface area contributed by atoms with E-state index >= 15 is 0 Å². The van der Waals surface area contributed by atoms with E-state index in [1.54, 1.807) is 0 Å². The van der Waals surface area contributed by atoms with Crippen LogP contribution in [-0.4, -0.2) is 42.3 Å². The topological polar surface area (TPSA) is 66.8 Å². The summed E-state index contributed by atoms with van der Waals surface area (Å²) in [6.07, 6.45) is 0.235. The molecule has 2 fully saturated rings. The molecule has 0 aromatic heterocycles. The minimum atomic E-state index is -3.07. The molecular weight excluding hydrogens is 404 g/mol. The molecule has 2 aliphatic rings. The van der Waals surface area contributed by atoms with Crippen LogP contribution in [0.25, 0.3) is 0 Å². The molecule has 1 amide bonds. The Labute approximate surface area is 176 Å². The second-order valence-electron chi connectivity index (χ2n) is 7.87. The molecule has 2 aromatic rings. The van der Waals surface area contributed by atoms with Crippen LogP contribution in [0.5, 0.6) is 0 Å². The minimum Gasteiger partial charge on any atom is -0.316 e. The Balaban J connectivity index is 1.64. The van der Waals surface area contributed by atoms with Crippen molar-refractivity contribution < 1.29 is 13.2 Å². The molecule has 7 heteroatoms. The lowest BCUT2D eigenvalue weighted by Gasteiger charge is -2.25. The monoisotopic (exact) mass is 428 g/mol. The van der Waals surface area contributed by atoms with Crippen LogP contribution in [0.15, 0.2) is 59.6 Å². The molecule has 5 nitrogen and oxygen atoms in total. The third-order valence-corrected chi connectivity index (χ3v) is 8.53. The maximum Gasteiger partial charge on any atom is 0.252 e.